The van der Waals surface area contributed by atoms with Crippen LogP contribution in [0.5, 0.6) is 5.75 Å². The third kappa shape index (κ3) is 15.8. The van der Waals surface area contributed by atoms with Crippen LogP contribution in [0.2, 0.25) is 0 Å². The fourth-order valence-corrected chi connectivity index (χ4v) is 4.58. The molecule has 9 heteroatoms. The predicted octanol–water partition coefficient (Wildman–Crippen LogP) is 3.33. The third-order valence-electron chi connectivity index (χ3n) is 6.04. The van der Waals surface area contributed by atoms with Crippen LogP contribution in [0.15, 0.2) is 12.1 Å². The third-order valence-corrected chi connectivity index (χ3v) is 6.83. The summed E-state index contributed by atoms with van der Waals surface area (Å²) in [6.45, 7) is 6.24. The summed E-state index contributed by atoms with van der Waals surface area (Å²) in [6, 6.07) is 3.96. The zero-order chi connectivity index (χ0) is 25.4. The van der Waals surface area contributed by atoms with Gasteiger partial charge in [0, 0.05) is 12.3 Å². The Morgan fingerprint density at radius 1 is 0.943 bits per heavy atom. The summed E-state index contributed by atoms with van der Waals surface area (Å²) in [5, 5.41) is 2.56. The first kappa shape index (κ1) is 34.2. The van der Waals surface area contributed by atoms with E-state index in [1.165, 1.54) is 51.4 Å². The molecule has 1 aromatic rings. The molecular formula is C26H44NNaO6S. The van der Waals surface area contributed by atoms with Gasteiger partial charge in [0.15, 0.2) is 0 Å². The largest absolute Gasteiger partial charge is 1.00 e. The molecule has 196 valence electrons. The second-order valence-corrected chi connectivity index (χ2v) is 10.6. The minimum Gasteiger partial charge on any atom is -0.748 e. The quantitative estimate of drug-likeness (QED) is 0.181. The van der Waals surface area contributed by atoms with Gasteiger partial charge in [0.25, 0.3) is 0 Å². The molecule has 1 N–H and O–H groups in total. The van der Waals surface area contributed by atoms with Gasteiger partial charge in [-0.25, -0.2) is 13.2 Å². The zero-order valence-corrected chi connectivity index (χ0v) is 25.3. The Balaban J connectivity index is 0.0000116. The Hall–Kier alpha value is -0.800. The van der Waals surface area contributed by atoms with Crippen LogP contribution >= 0.6 is 0 Å². The van der Waals surface area contributed by atoms with E-state index >= 15 is 0 Å². The van der Waals surface area contributed by atoms with E-state index in [9.17, 15) is 17.8 Å². The zero-order valence-electron chi connectivity index (χ0n) is 22.5. The van der Waals surface area contributed by atoms with Crippen LogP contribution < -0.4 is 39.6 Å². The molecule has 1 aromatic carbocycles. The van der Waals surface area contributed by atoms with Gasteiger partial charge in [-0.2, -0.15) is 0 Å². The average Bonchev–Trinajstić information content (AvgIpc) is 2.77. The summed E-state index contributed by atoms with van der Waals surface area (Å²) >= 11 is 0. The van der Waals surface area contributed by atoms with Crippen molar-refractivity contribution in [2.45, 2.75) is 104 Å². The number of hydrogen-bond donors (Lipinski definition) is 1. The Bertz CT molecular complexity index is 831. The number of nitrogens with one attached hydrogen (secondary N) is 1. The van der Waals surface area contributed by atoms with Crippen molar-refractivity contribution in [1.29, 1.82) is 0 Å². The fraction of sp³-hybridized carbons (Fsp3) is 0.731. The smallest absolute Gasteiger partial charge is 0.748 e. The molecule has 0 aromatic heterocycles. The van der Waals surface area contributed by atoms with E-state index in [4.69, 9.17) is 9.47 Å². The van der Waals surface area contributed by atoms with Gasteiger partial charge in [-0.3, -0.25) is 0 Å². The Kier molecular flexibility index (Phi) is 18.9. The average molecular weight is 522 g/mol. The molecule has 0 saturated heterocycles. The van der Waals surface area contributed by atoms with E-state index < -0.39 is 28.1 Å². The van der Waals surface area contributed by atoms with E-state index in [0.717, 1.165) is 35.3 Å². The monoisotopic (exact) mass is 521 g/mol. The van der Waals surface area contributed by atoms with Crippen molar-refractivity contribution >= 4 is 16.2 Å². The molecule has 1 unspecified atom stereocenters. The number of carbonyl (C=O) groups is 1. The fourth-order valence-electron chi connectivity index (χ4n) is 4.08. The molecule has 0 aliphatic heterocycles. The molecule has 0 fully saturated rings. The minimum atomic E-state index is -4.29. The summed E-state index contributed by atoms with van der Waals surface area (Å²) in [4.78, 5) is 12.4. The molecule has 0 aliphatic rings. The van der Waals surface area contributed by atoms with E-state index in [1.807, 2.05) is 26.0 Å². The Morgan fingerprint density at radius 2 is 1.51 bits per heavy atom. The summed E-state index contributed by atoms with van der Waals surface area (Å²) in [6.07, 6.45) is 12.1. The molecule has 7 nitrogen and oxygen atoms in total. The first-order valence-electron chi connectivity index (χ1n) is 12.7. The summed E-state index contributed by atoms with van der Waals surface area (Å²) < 4.78 is 43.3. The van der Waals surface area contributed by atoms with Gasteiger partial charge in [0.1, 0.15) is 11.9 Å². The number of carbonyl (C=O) groups excluding carboxylic acids is 1. The number of aryl methyl sites for hydroxylation is 2. The molecule has 35 heavy (non-hydrogen) atoms. The van der Waals surface area contributed by atoms with Crippen LogP contribution in [0.1, 0.15) is 107 Å². The van der Waals surface area contributed by atoms with Crippen LogP contribution in [0.4, 0.5) is 4.79 Å². The molecule has 0 heterocycles. The predicted molar refractivity (Wildman–Crippen MR) is 135 cm³/mol. The number of alkyl carbamates (subject to hydrolysis) is 1. The molecule has 0 spiro atoms. The summed E-state index contributed by atoms with van der Waals surface area (Å²) in [7, 11) is -2.65. The summed E-state index contributed by atoms with van der Waals surface area (Å²) in [5.41, 5.74) is 2.91. The first-order chi connectivity index (χ1) is 16.2. The Morgan fingerprint density at radius 3 is 2.06 bits per heavy atom. The van der Waals surface area contributed by atoms with Crippen molar-refractivity contribution in [2.75, 3.05) is 19.4 Å². The summed E-state index contributed by atoms with van der Waals surface area (Å²) in [5.74, 6) is 0.286. The number of unbranched alkanes of at least 4 members (excludes halogenated alkanes) is 9. The number of benzene rings is 1. The maximum absolute atomic E-state index is 12.4. The van der Waals surface area contributed by atoms with Crippen LogP contribution in [0.3, 0.4) is 0 Å². The minimum absolute atomic E-state index is 0. The van der Waals surface area contributed by atoms with E-state index in [0.29, 0.717) is 6.42 Å². The Labute approximate surface area is 235 Å². The SMILES string of the molecule is CCCCCCCCCCCCC(OC(=O)NCCCS(=O)(=O)[O-])c1cc(C)c(OC)cc1C.[Na+]. The van der Waals surface area contributed by atoms with Crippen molar-refractivity contribution in [3.63, 3.8) is 0 Å². The van der Waals surface area contributed by atoms with E-state index in [2.05, 4.69) is 12.2 Å². The van der Waals surface area contributed by atoms with Crippen LogP contribution in [-0.4, -0.2) is 38.5 Å². The standard InChI is InChI=1S/C26H45NO6S.Na/c1-5-6-7-8-9-10-11-12-13-14-16-24(23-19-22(3)25(32-4)20-21(23)2)33-26(28)27-17-15-18-34(29,30)31;/h19-20,24H,5-18H2,1-4H3,(H,27,28)(H,29,30,31);/q;+1/p-1. The van der Waals surface area contributed by atoms with Crippen molar-refractivity contribution in [3.8, 4) is 5.75 Å². The second-order valence-electron chi connectivity index (χ2n) is 9.09. The maximum atomic E-state index is 12.4. The van der Waals surface area contributed by atoms with Crippen molar-refractivity contribution in [1.82, 2.24) is 5.32 Å². The van der Waals surface area contributed by atoms with Crippen LogP contribution in [-0.2, 0) is 14.9 Å². The number of rotatable bonds is 18. The van der Waals surface area contributed by atoms with E-state index in [1.54, 1.807) is 7.11 Å². The van der Waals surface area contributed by atoms with Gasteiger partial charge in [0.2, 0.25) is 0 Å². The molecule has 0 saturated carbocycles. The second kappa shape index (κ2) is 19.3. The van der Waals surface area contributed by atoms with Crippen LogP contribution in [0, 0.1) is 13.8 Å². The van der Waals surface area contributed by atoms with Gasteiger partial charge >= 0.3 is 35.7 Å². The van der Waals surface area contributed by atoms with Gasteiger partial charge in [-0.15, -0.1) is 0 Å². The number of hydrogen-bond acceptors (Lipinski definition) is 6. The van der Waals surface area contributed by atoms with Crippen molar-refractivity contribution in [2.24, 2.45) is 0 Å². The van der Waals surface area contributed by atoms with Gasteiger partial charge in [-0.1, -0.05) is 64.7 Å². The van der Waals surface area contributed by atoms with Gasteiger partial charge in [-0.05, 0) is 61.9 Å². The topological polar surface area (TPSA) is 105 Å². The van der Waals surface area contributed by atoms with Crippen molar-refractivity contribution < 1.29 is 56.8 Å². The molecule has 0 bridgehead atoms. The van der Waals surface area contributed by atoms with E-state index in [-0.39, 0.29) is 42.5 Å². The van der Waals surface area contributed by atoms with Gasteiger partial charge in [0.05, 0.1) is 17.2 Å². The van der Waals surface area contributed by atoms with Crippen LogP contribution in [0.25, 0.3) is 0 Å². The van der Waals surface area contributed by atoms with Crippen molar-refractivity contribution in [3.05, 3.63) is 28.8 Å². The maximum Gasteiger partial charge on any atom is 1.00 e. The number of amides is 1. The number of methoxy groups -OCH3 is 1. The molecule has 0 radical (unpaired) electrons. The molecule has 0 aliphatic carbocycles. The van der Waals surface area contributed by atoms with Gasteiger partial charge < -0.3 is 19.3 Å². The number of ether oxygens (including phenoxy) is 2. The molecular weight excluding hydrogens is 477 g/mol. The molecule has 1 rings (SSSR count). The first-order valence-corrected chi connectivity index (χ1v) is 14.3. The molecule has 1 atom stereocenters. The molecule has 1 amide bonds. The normalized spacial score (nSPS) is 12.0.